The molecule has 0 heterocycles. The highest BCUT2D eigenvalue weighted by atomic mass is 32.2. The van der Waals surface area contributed by atoms with Crippen LogP contribution in [0.25, 0.3) is 0 Å². The molecule has 1 amide bonds. The second-order valence-corrected chi connectivity index (χ2v) is 7.23. The van der Waals surface area contributed by atoms with Crippen molar-refractivity contribution in [2.45, 2.75) is 6.61 Å². The summed E-state index contributed by atoms with van der Waals surface area (Å²) in [4.78, 5) is 11.6. The van der Waals surface area contributed by atoms with Crippen molar-refractivity contribution in [3.05, 3.63) is 66.2 Å². The van der Waals surface area contributed by atoms with Crippen LogP contribution >= 0.6 is 0 Å². The van der Waals surface area contributed by atoms with E-state index in [0.717, 1.165) is 5.56 Å². The van der Waals surface area contributed by atoms with Gasteiger partial charge >= 0.3 is 6.09 Å². The minimum atomic E-state index is -3.51. The first-order valence-corrected chi connectivity index (χ1v) is 9.06. The molecule has 0 fully saturated rings. The zero-order valence-corrected chi connectivity index (χ0v) is 14.2. The molecule has 0 radical (unpaired) electrons. The molecule has 0 aliphatic carbocycles. The summed E-state index contributed by atoms with van der Waals surface area (Å²) in [6, 6.07) is 18.0. The number of ether oxygens (including phenoxy) is 1. The monoisotopic (exact) mass is 348 g/mol. The molecule has 0 spiro atoms. The average molecular weight is 348 g/mol. The maximum atomic E-state index is 12.2. The van der Waals surface area contributed by atoms with Crippen molar-refractivity contribution >= 4 is 21.8 Å². The van der Waals surface area contributed by atoms with Crippen LogP contribution in [0.5, 0.6) is 0 Å². The first kappa shape index (κ1) is 17.8. The molecule has 0 unspecified atom stereocenters. The van der Waals surface area contributed by atoms with Crippen molar-refractivity contribution in [2.24, 2.45) is 0 Å². The highest BCUT2D eigenvalue weighted by Crippen LogP contribution is 2.14. The molecular formula is C17H20N2O4S. The van der Waals surface area contributed by atoms with E-state index in [1.165, 1.54) is 11.4 Å². The molecule has 0 saturated carbocycles. The molecule has 24 heavy (non-hydrogen) atoms. The number of sulfonamides is 1. The van der Waals surface area contributed by atoms with Crippen LogP contribution in [0.4, 0.5) is 10.5 Å². The Kier molecular flexibility index (Phi) is 6.20. The summed E-state index contributed by atoms with van der Waals surface area (Å²) < 4.78 is 30.7. The van der Waals surface area contributed by atoms with Crippen molar-refractivity contribution in [1.29, 1.82) is 0 Å². The topological polar surface area (TPSA) is 75.7 Å². The Morgan fingerprint density at radius 3 is 2.25 bits per heavy atom. The zero-order chi connectivity index (χ0) is 17.4. The first-order valence-electron chi connectivity index (χ1n) is 7.45. The minimum Gasteiger partial charge on any atom is -0.445 e. The molecule has 2 aromatic rings. The lowest BCUT2D eigenvalue weighted by Crippen LogP contribution is -2.35. The molecule has 0 aromatic heterocycles. The number of benzene rings is 2. The number of hydrogen-bond acceptors (Lipinski definition) is 4. The Morgan fingerprint density at radius 2 is 1.62 bits per heavy atom. The SMILES string of the molecule is CN(c1ccccc1)S(=O)(=O)CCNC(=O)OCc1ccccc1. The van der Waals surface area contributed by atoms with Crippen molar-refractivity contribution in [3.8, 4) is 0 Å². The van der Waals surface area contributed by atoms with Gasteiger partial charge in [-0.25, -0.2) is 13.2 Å². The second-order valence-electron chi connectivity index (χ2n) is 5.11. The van der Waals surface area contributed by atoms with Crippen LogP contribution in [0.2, 0.25) is 0 Å². The number of alkyl carbamates (subject to hydrolysis) is 1. The van der Waals surface area contributed by atoms with Crippen LogP contribution in [-0.2, 0) is 21.4 Å². The van der Waals surface area contributed by atoms with Gasteiger partial charge in [0.05, 0.1) is 11.4 Å². The van der Waals surface area contributed by atoms with Gasteiger partial charge in [-0.2, -0.15) is 0 Å². The van der Waals surface area contributed by atoms with Gasteiger partial charge in [0.25, 0.3) is 0 Å². The normalized spacial score (nSPS) is 10.9. The number of carbonyl (C=O) groups excluding carboxylic acids is 1. The third-order valence-corrected chi connectivity index (χ3v) is 5.14. The highest BCUT2D eigenvalue weighted by Gasteiger charge is 2.18. The van der Waals surface area contributed by atoms with Crippen LogP contribution in [0.15, 0.2) is 60.7 Å². The molecule has 2 rings (SSSR count). The fraction of sp³-hybridized carbons (Fsp3) is 0.235. The summed E-state index contributed by atoms with van der Waals surface area (Å²) in [5, 5.41) is 2.45. The molecule has 0 bridgehead atoms. The number of para-hydroxylation sites is 1. The van der Waals surface area contributed by atoms with Gasteiger partial charge in [-0.15, -0.1) is 0 Å². The number of carbonyl (C=O) groups is 1. The fourth-order valence-electron chi connectivity index (χ4n) is 1.99. The van der Waals surface area contributed by atoms with E-state index in [-0.39, 0.29) is 18.9 Å². The maximum absolute atomic E-state index is 12.2. The number of amides is 1. The zero-order valence-electron chi connectivity index (χ0n) is 13.4. The number of rotatable bonds is 7. The Balaban J connectivity index is 1.77. The van der Waals surface area contributed by atoms with E-state index in [1.54, 1.807) is 24.3 Å². The Labute approximate surface area is 142 Å². The molecule has 0 atom stereocenters. The molecule has 0 aliphatic rings. The molecular weight excluding hydrogens is 328 g/mol. The van der Waals surface area contributed by atoms with Crippen molar-refractivity contribution in [3.63, 3.8) is 0 Å². The summed E-state index contributed by atoms with van der Waals surface area (Å²) in [5.74, 6) is -0.209. The lowest BCUT2D eigenvalue weighted by molar-refractivity contribution is 0.140. The molecule has 0 saturated heterocycles. The van der Waals surface area contributed by atoms with E-state index in [2.05, 4.69) is 5.32 Å². The number of hydrogen-bond donors (Lipinski definition) is 1. The summed E-state index contributed by atoms with van der Waals surface area (Å²) in [6.07, 6.45) is -0.642. The lowest BCUT2D eigenvalue weighted by Gasteiger charge is -2.19. The van der Waals surface area contributed by atoms with Crippen LogP contribution in [0.3, 0.4) is 0 Å². The predicted octanol–water partition coefficient (Wildman–Crippen LogP) is 2.38. The van der Waals surface area contributed by atoms with Gasteiger partial charge in [0.2, 0.25) is 10.0 Å². The molecule has 1 N–H and O–H groups in total. The Bertz CT molecular complexity index is 749. The standard InChI is InChI=1S/C17H20N2O4S/c1-19(16-10-6-3-7-11-16)24(21,22)13-12-18-17(20)23-14-15-8-4-2-5-9-15/h2-11H,12-14H2,1H3,(H,18,20). The van der Waals surface area contributed by atoms with Crippen molar-refractivity contribution < 1.29 is 17.9 Å². The van der Waals surface area contributed by atoms with E-state index in [0.29, 0.717) is 5.69 Å². The van der Waals surface area contributed by atoms with Gasteiger partial charge in [0, 0.05) is 13.6 Å². The molecule has 6 nitrogen and oxygen atoms in total. The summed E-state index contributed by atoms with van der Waals surface area (Å²) in [6.45, 7) is 0.121. The highest BCUT2D eigenvalue weighted by molar-refractivity contribution is 7.92. The predicted molar refractivity (Wildman–Crippen MR) is 93.3 cm³/mol. The smallest absolute Gasteiger partial charge is 0.407 e. The van der Waals surface area contributed by atoms with Crippen molar-refractivity contribution in [1.82, 2.24) is 5.32 Å². The van der Waals surface area contributed by atoms with Gasteiger partial charge < -0.3 is 10.1 Å². The maximum Gasteiger partial charge on any atom is 0.407 e. The molecule has 128 valence electrons. The summed E-state index contributed by atoms with van der Waals surface area (Å²) >= 11 is 0. The van der Waals surface area contributed by atoms with Gasteiger partial charge in [-0.3, -0.25) is 4.31 Å². The first-order chi connectivity index (χ1) is 11.5. The van der Waals surface area contributed by atoms with Gasteiger partial charge in [-0.1, -0.05) is 48.5 Å². The van der Waals surface area contributed by atoms with E-state index in [9.17, 15) is 13.2 Å². The van der Waals surface area contributed by atoms with E-state index >= 15 is 0 Å². The van der Waals surface area contributed by atoms with Crippen molar-refractivity contribution in [2.75, 3.05) is 23.7 Å². The lowest BCUT2D eigenvalue weighted by atomic mass is 10.2. The van der Waals surface area contributed by atoms with Gasteiger partial charge in [0.1, 0.15) is 6.61 Å². The second kappa shape index (κ2) is 8.35. The number of anilines is 1. The third kappa shape index (κ3) is 5.27. The number of nitrogens with one attached hydrogen (secondary N) is 1. The Hall–Kier alpha value is -2.54. The quantitative estimate of drug-likeness (QED) is 0.833. The molecule has 0 aliphatic heterocycles. The van der Waals surface area contributed by atoms with Crippen LogP contribution < -0.4 is 9.62 Å². The van der Waals surface area contributed by atoms with E-state index in [1.807, 2.05) is 36.4 Å². The molecule has 2 aromatic carbocycles. The van der Waals surface area contributed by atoms with E-state index in [4.69, 9.17) is 4.74 Å². The Morgan fingerprint density at radius 1 is 1.04 bits per heavy atom. The fourth-order valence-corrected chi connectivity index (χ4v) is 3.07. The minimum absolute atomic E-state index is 0.0207. The van der Waals surface area contributed by atoms with Gasteiger partial charge in [-0.05, 0) is 17.7 Å². The molecule has 7 heteroatoms. The van der Waals surface area contributed by atoms with Crippen LogP contribution in [-0.4, -0.2) is 33.9 Å². The average Bonchev–Trinajstić information content (AvgIpc) is 2.61. The van der Waals surface area contributed by atoms with E-state index < -0.39 is 16.1 Å². The number of nitrogens with zero attached hydrogens (tertiary/aromatic N) is 1. The van der Waals surface area contributed by atoms with Gasteiger partial charge in [0.15, 0.2) is 0 Å². The summed E-state index contributed by atoms with van der Waals surface area (Å²) in [5.41, 5.74) is 1.44. The van der Waals surface area contributed by atoms with Crippen LogP contribution in [0.1, 0.15) is 5.56 Å². The summed E-state index contributed by atoms with van der Waals surface area (Å²) in [7, 11) is -2.03. The largest absolute Gasteiger partial charge is 0.445 e. The van der Waals surface area contributed by atoms with Crippen LogP contribution in [0, 0.1) is 0 Å². The third-order valence-electron chi connectivity index (χ3n) is 3.38.